The van der Waals surface area contributed by atoms with Crippen molar-refractivity contribution in [2.45, 2.75) is 0 Å². The molecule has 17 heavy (non-hydrogen) atoms. The molecule has 2 N–H and O–H groups in total. The molecule has 88 valence electrons. The average molecular weight is 288 g/mol. The number of carbonyl (C=O) groups is 2. The van der Waals surface area contributed by atoms with Gasteiger partial charge in [-0.25, -0.2) is 4.79 Å². The van der Waals surface area contributed by atoms with Gasteiger partial charge in [0.25, 0.3) is 5.91 Å². The Morgan fingerprint density at radius 3 is 2.35 bits per heavy atom. The Morgan fingerprint density at radius 2 is 1.82 bits per heavy atom. The third kappa shape index (κ3) is 2.85. The molecule has 0 fully saturated rings. The number of anilines is 1. The van der Waals surface area contributed by atoms with Crippen LogP contribution in [0.25, 0.3) is 0 Å². The van der Waals surface area contributed by atoms with E-state index in [0.29, 0.717) is 14.2 Å². The van der Waals surface area contributed by atoms with Gasteiger partial charge in [-0.15, -0.1) is 22.7 Å². The van der Waals surface area contributed by atoms with Crippen molar-refractivity contribution in [3.05, 3.63) is 38.4 Å². The lowest BCUT2D eigenvalue weighted by molar-refractivity contribution is 0.0702. The first-order valence-corrected chi connectivity index (χ1v) is 6.47. The summed E-state index contributed by atoms with van der Waals surface area (Å²) >= 11 is 7.90. The van der Waals surface area contributed by atoms with E-state index >= 15 is 0 Å². The molecule has 0 aromatic carbocycles. The molecule has 0 unspecified atom stereocenters. The van der Waals surface area contributed by atoms with Gasteiger partial charge in [0.15, 0.2) is 0 Å². The second-order valence-corrected chi connectivity index (χ2v) is 5.83. The highest BCUT2D eigenvalue weighted by Gasteiger charge is 2.12. The SMILES string of the molecule is O=C(O)c1ccc(NC(=O)c2ccc(Cl)s2)s1. The summed E-state index contributed by atoms with van der Waals surface area (Å²) in [6.07, 6.45) is 0. The van der Waals surface area contributed by atoms with Gasteiger partial charge in [0.1, 0.15) is 4.88 Å². The van der Waals surface area contributed by atoms with Crippen LogP contribution in [0.3, 0.4) is 0 Å². The lowest BCUT2D eigenvalue weighted by Crippen LogP contribution is -2.08. The molecule has 0 bridgehead atoms. The standard InChI is InChI=1S/C10H6ClNO3S2/c11-7-3-1-5(16-7)9(13)12-8-4-2-6(17-8)10(14)15/h1-4H,(H,12,13)(H,14,15). The summed E-state index contributed by atoms with van der Waals surface area (Å²) in [4.78, 5) is 23.0. The molecule has 2 rings (SSSR count). The lowest BCUT2D eigenvalue weighted by Gasteiger charge is -1.98. The maximum Gasteiger partial charge on any atom is 0.345 e. The number of carboxylic acid groups (broad SMARTS) is 1. The molecule has 2 aromatic heterocycles. The van der Waals surface area contributed by atoms with Crippen molar-refractivity contribution in [2.24, 2.45) is 0 Å². The predicted molar refractivity (Wildman–Crippen MR) is 68.6 cm³/mol. The van der Waals surface area contributed by atoms with E-state index in [4.69, 9.17) is 16.7 Å². The van der Waals surface area contributed by atoms with E-state index < -0.39 is 5.97 Å². The van der Waals surface area contributed by atoms with Gasteiger partial charge in [-0.05, 0) is 24.3 Å². The lowest BCUT2D eigenvalue weighted by atomic mass is 10.4. The van der Waals surface area contributed by atoms with Gasteiger partial charge in [-0.1, -0.05) is 11.6 Å². The molecule has 7 heteroatoms. The molecule has 0 saturated carbocycles. The fourth-order valence-electron chi connectivity index (χ4n) is 1.13. The molecule has 4 nitrogen and oxygen atoms in total. The van der Waals surface area contributed by atoms with Crippen LogP contribution in [0.4, 0.5) is 5.00 Å². The number of nitrogens with one attached hydrogen (secondary N) is 1. The first-order chi connectivity index (χ1) is 8.06. The van der Waals surface area contributed by atoms with Crippen LogP contribution in [0.15, 0.2) is 24.3 Å². The Bertz CT molecular complexity index is 576. The molecular formula is C10H6ClNO3S2. The van der Waals surface area contributed by atoms with E-state index in [1.807, 2.05) is 0 Å². The summed E-state index contributed by atoms with van der Waals surface area (Å²) in [7, 11) is 0. The minimum absolute atomic E-state index is 0.185. The van der Waals surface area contributed by atoms with Crippen LogP contribution >= 0.6 is 34.3 Å². The average Bonchev–Trinajstić information content (AvgIpc) is 2.86. The number of carbonyl (C=O) groups excluding carboxylic acids is 1. The minimum atomic E-state index is -1.00. The molecule has 0 aliphatic heterocycles. The van der Waals surface area contributed by atoms with Gasteiger partial charge in [-0.3, -0.25) is 4.79 Å². The maximum atomic E-state index is 11.7. The van der Waals surface area contributed by atoms with Crippen molar-refractivity contribution in [3.8, 4) is 0 Å². The molecule has 2 aromatic rings. The maximum absolute atomic E-state index is 11.7. The van der Waals surface area contributed by atoms with Gasteiger partial charge < -0.3 is 10.4 Å². The van der Waals surface area contributed by atoms with Crippen molar-refractivity contribution in [1.29, 1.82) is 0 Å². The Balaban J connectivity index is 2.10. The zero-order valence-electron chi connectivity index (χ0n) is 8.27. The Labute approximate surface area is 109 Å². The van der Waals surface area contributed by atoms with E-state index in [1.165, 1.54) is 17.4 Å². The van der Waals surface area contributed by atoms with Gasteiger partial charge in [0, 0.05) is 0 Å². The summed E-state index contributed by atoms with van der Waals surface area (Å²) in [5, 5.41) is 11.8. The summed E-state index contributed by atoms with van der Waals surface area (Å²) in [5.74, 6) is -1.30. The fourth-order valence-corrected chi connectivity index (χ4v) is 2.81. The summed E-state index contributed by atoms with van der Waals surface area (Å²) in [6.45, 7) is 0. The number of hydrogen-bond acceptors (Lipinski definition) is 4. The van der Waals surface area contributed by atoms with Crippen LogP contribution in [0.1, 0.15) is 19.3 Å². The van der Waals surface area contributed by atoms with Crippen LogP contribution in [0.2, 0.25) is 4.34 Å². The zero-order chi connectivity index (χ0) is 12.4. The van der Waals surface area contributed by atoms with E-state index in [-0.39, 0.29) is 10.8 Å². The topological polar surface area (TPSA) is 66.4 Å². The van der Waals surface area contributed by atoms with Crippen molar-refractivity contribution >= 4 is 51.2 Å². The highest BCUT2D eigenvalue weighted by Crippen LogP contribution is 2.25. The Hall–Kier alpha value is -1.37. The summed E-state index contributed by atoms with van der Waals surface area (Å²) in [6, 6.07) is 6.26. The van der Waals surface area contributed by atoms with Crippen molar-refractivity contribution in [3.63, 3.8) is 0 Å². The number of hydrogen-bond donors (Lipinski definition) is 2. The molecule has 0 spiro atoms. The first-order valence-electron chi connectivity index (χ1n) is 4.46. The largest absolute Gasteiger partial charge is 0.477 e. The molecule has 0 saturated heterocycles. The third-order valence-electron chi connectivity index (χ3n) is 1.85. The van der Waals surface area contributed by atoms with Crippen LogP contribution in [-0.4, -0.2) is 17.0 Å². The van der Waals surface area contributed by atoms with Crippen molar-refractivity contribution in [2.75, 3.05) is 5.32 Å². The fraction of sp³-hybridized carbons (Fsp3) is 0. The van der Waals surface area contributed by atoms with Crippen LogP contribution < -0.4 is 5.32 Å². The van der Waals surface area contributed by atoms with E-state index in [9.17, 15) is 9.59 Å². The zero-order valence-corrected chi connectivity index (χ0v) is 10.7. The van der Waals surface area contributed by atoms with Crippen molar-refractivity contribution in [1.82, 2.24) is 0 Å². The monoisotopic (exact) mass is 287 g/mol. The highest BCUT2D eigenvalue weighted by atomic mass is 35.5. The molecule has 0 aliphatic carbocycles. The molecule has 0 aliphatic rings. The van der Waals surface area contributed by atoms with E-state index in [1.54, 1.807) is 18.2 Å². The smallest absolute Gasteiger partial charge is 0.345 e. The molecule has 1 amide bonds. The normalized spacial score (nSPS) is 10.2. The highest BCUT2D eigenvalue weighted by molar-refractivity contribution is 7.19. The quantitative estimate of drug-likeness (QED) is 0.909. The van der Waals surface area contributed by atoms with Gasteiger partial charge in [0.05, 0.1) is 14.2 Å². The van der Waals surface area contributed by atoms with E-state index in [0.717, 1.165) is 11.3 Å². The number of amides is 1. The van der Waals surface area contributed by atoms with Crippen molar-refractivity contribution < 1.29 is 14.7 Å². The van der Waals surface area contributed by atoms with Gasteiger partial charge in [0.2, 0.25) is 0 Å². The number of halogens is 1. The van der Waals surface area contributed by atoms with Gasteiger partial charge >= 0.3 is 5.97 Å². The molecule has 2 heterocycles. The second kappa shape index (κ2) is 4.87. The van der Waals surface area contributed by atoms with Crippen LogP contribution in [0, 0.1) is 0 Å². The molecule has 0 atom stereocenters. The summed E-state index contributed by atoms with van der Waals surface area (Å²) in [5.41, 5.74) is 0. The van der Waals surface area contributed by atoms with E-state index in [2.05, 4.69) is 5.32 Å². The second-order valence-electron chi connectivity index (χ2n) is 3.03. The predicted octanol–water partition coefficient (Wildman–Crippen LogP) is 3.41. The number of rotatable bonds is 3. The Morgan fingerprint density at radius 1 is 1.12 bits per heavy atom. The van der Waals surface area contributed by atoms with Crippen LogP contribution in [-0.2, 0) is 0 Å². The number of aromatic carboxylic acids is 1. The number of carboxylic acids is 1. The first kappa shape index (κ1) is 12.1. The minimum Gasteiger partial charge on any atom is -0.477 e. The summed E-state index contributed by atoms with van der Waals surface area (Å²) < 4.78 is 0.535. The van der Waals surface area contributed by atoms with Crippen LogP contribution in [0.5, 0.6) is 0 Å². The Kier molecular flexibility index (Phi) is 3.46. The molecule has 0 radical (unpaired) electrons. The number of thiophene rings is 2. The van der Waals surface area contributed by atoms with Gasteiger partial charge in [-0.2, -0.15) is 0 Å². The third-order valence-corrected chi connectivity index (χ3v) is 4.07. The molecular weight excluding hydrogens is 282 g/mol.